The Balaban J connectivity index is 1.13. The molecule has 1 N–H and O–H groups in total. The predicted molar refractivity (Wildman–Crippen MR) is 104 cm³/mol. The highest BCUT2D eigenvalue weighted by molar-refractivity contribution is 5.44. The summed E-state index contributed by atoms with van der Waals surface area (Å²) in [6.45, 7) is 6.44. The summed E-state index contributed by atoms with van der Waals surface area (Å²) in [6.07, 6.45) is 1.35. The Labute approximate surface area is 165 Å². The van der Waals surface area contributed by atoms with Crippen molar-refractivity contribution in [3.63, 3.8) is 0 Å². The summed E-state index contributed by atoms with van der Waals surface area (Å²) < 4.78 is 16.4. The Kier molecular flexibility index (Phi) is 6.38. The molecule has 0 saturated carbocycles. The summed E-state index contributed by atoms with van der Waals surface area (Å²) in [6, 6.07) is 11.8. The lowest BCUT2D eigenvalue weighted by Gasteiger charge is -2.35. The van der Waals surface area contributed by atoms with E-state index in [1.165, 1.54) is 0 Å². The highest BCUT2D eigenvalue weighted by atomic mass is 16.7. The number of fused-ring (bicyclic) bond motifs is 1. The SMILES string of the molecule is OC(COCc1ccc2c(c1)OCO2)CN1CCN(Cc2ccccn2)CC1. The minimum atomic E-state index is -0.489. The minimum Gasteiger partial charge on any atom is -0.454 e. The minimum absolute atomic E-state index is 0.271. The van der Waals surface area contributed by atoms with E-state index < -0.39 is 6.10 Å². The number of pyridine rings is 1. The molecule has 2 aromatic rings. The second kappa shape index (κ2) is 9.34. The molecule has 1 unspecified atom stereocenters. The van der Waals surface area contributed by atoms with E-state index in [0.29, 0.717) is 19.8 Å². The van der Waals surface area contributed by atoms with Gasteiger partial charge in [-0.3, -0.25) is 14.8 Å². The number of benzene rings is 1. The van der Waals surface area contributed by atoms with Crippen LogP contribution in [0.1, 0.15) is 11.3 Å². The molecule has 0 radical (unpaired) electrons. The third-order valence-corrected chi connectivity index (χ3v) is 5.06. The van der Waals surface area contributed by atoms with Gasteiger partial charge in [-0.05, 0) is 29.8 Å². The largest absolute Gasteiger partial charge is 0.454 e. The number of aromatic nitrogens is 1. The molecular weight excluding hydrogens is 358 g/mol. The van der Waals surface area contributed by atoms with Gasteiger partial charge in [0.05, 0.1) is 25.0 Å². The molecule has 3 heterocycles. The van der Waals surface area contributed by atoms with Gasteiger partial charge in [0.15, 0.2) is 11.5 Å². The van der Waals surface area contributed by atoms with Crippen LogP contribution in [-0.2, 0) is 17.9 Å². The monoisotopic (exact) mass is 385 g/mol. The van der Waals surface area contributed by atoms with E-state index in [0.717, 1.165) is 55.5 Å². The standard InChI is InChI=1S/C21H27N3O4/c25-19(15-26-14-17-4-5-20-21(11-17)28-16-27-20)13-24-9-7-23(8-10-24)12-18-3-1-2-6-22-18/h1-6,11,19,25H,7-10,12-16H2. The molecule has 0 aliphatic carbocycles. The van der Waals surface area contributed by atoms with Gasteiger partial charge in [-0.25, -0.2) is 0 Å². The van der Waals surface area contributed by atoms with Crippen molar-refractivity contribution in [2.45, 2.75) is 19.3 Å². The van der Waals surface area contributed by atoms with Gasteiger partial charge < -0.3 is 19.3 Å². The number of aliphatic hydroxyl groups is 1. The zero-order valence-electron chi connectivity index (χ0n) is 16.0. The maximum absolute atomic E-state index is 10.3. The Hall–Kier alpha value is -2.19. The molecule has 1 atom stereocenters. The molecule has 7 heteroatoms. The van der Waals surface area contributed by atoms with Crippen LogP contribution >= 0.6 is 0 Å². The molecule has 0 amide bonds. The summed E-state index contributed by atoms with van der Waals surface area (Å²) in [5.74, 6) is 1.52. The molecule has 2 aliphatic heterocycles. The Morgan fingerprint density at radius 2 is 1.86 bits per heavy atom. The van der Waals surface area contributed by atoms with Gasteiger partial charge in [0.2, 0.25) is 6.79 Å². The fourth-order valence-corrected chi connectivity index (χ4v) is 3.55. The first-order chi connectivity index (χ1) is 13.8. The number of rotatable bonds is 8. The highest BCUT2D eigenvalue weighted by Gasteiger charge is 2.20. The van der Waals surface area contributed by atoms with E-state index in [2.05, 4.69) is 20.9 Å². The molecular formula is C21H27N3O4. The van der Waals surface area contributed by atoms with Crippen molar-refractivity contribution >= 4 is 0 Å². The van der Waals surface area contributed by atoms with Crippen molar-refractivity contribution in [2.75, 3.05) is 46.1 Å². The quantitative estimate of drug-likeness (QED) is 0.739. The number of hydrogen-bond donors (Lipinski definition) is 1. The van der Waals surface area contributed by atoms with E-state index in [-0.39, 0.29) is 6.79 Å². The van der Waals surface area contributed by atoms with E-state index in [1.807, 2.05) is 36.5 Å². The number of nitrogens with zero attached hydrogens (tertiary/aromatic N) is 3. The van der Waals surface area contributed by atoms with Gasteiger partial charge in [-0.15, -0.1) is 0 Å². The number of ether oxygens (including phenoxy) is 3. The molecule has 0 spiro atoms. The number of aliphatic hydroxyl groups excluding tert-OH is 1. The average molecular weight is 385 g/mol. The first-order valence-corrected chi connectivity index (χ1v) is 9.75. The van der Waals surface area contributed by atoms with Crippen molar-refractivity contribution < 1.29 is 19.3 Å². The van der Waals surface area contributed by atoms with Crippen LogP contribution in [0.5, 0.6) is 11.5 Å². The molecule has 7 nitrogen and oxygen atoms in total. The maximum atomic E-state index is 10.3. The fraction of sp³-hybridized carbons (Fsp3) is 0.476. The molecule has 1 saturated heterocycles. The smallest absolute Gasteiger partial charge is 0.231 e. The maximum Gasteiger partial charge on any atom is 0.231 e. The Bertz CT molecular complexity index is 751. The van der Waals surface area contributed by atoms with Crippen LogP contribution < -0.4 is 9.47 Å². The van der Waals surface area contributed by atoms with Crippen molar-refractivity contribution in [2.24, 2.45) is 0 Å². The first-order valence-electron chi connectivity index (χ1n) is 9.75. The lowest BCUT2D eigenvalue weighted by molar-refractivity contribution is 0.000779. The van der Waals surface area contributed by atoms with Gasteiger partial charge in [-0.2, -0.15) is 0 Å². The topological polar surface area (TPSA) is 67.3 Å². The summed E-state index contributed by atoms with van der Waals surface area (Å²) in [5, 5.41) is 10.3. The van der Waals surface area contributed by atoms with Gasteiger partial charge in [0, 0.05) is 45.5 Å². The van der Waals surface area contributed by atoms with Gasteiger partial charge in [-0.1, -0.05) is 12.1 Å². The zero-order valence-corrected chi connectivity index (χ0v) is 16.0. The van der Waals surface area contributed by atoms with E-state index in [4.69, 9.17) is 14.2 Å². The normalized spacial score (nSPS) is 18.3. The summed E-state index contributed by atoms with van der Waals surface area (Å²) in [4.78, 5) is 9.09. The number of piperazine rings is 1. The van der Waals surface area contributed by atoms with Crippen LogP contribution in [-0.4, -0.2) is 72.1 Å². The van der Waals surface area contributed by atoms with Gasteiger partial charge in [0.1, 0.15) is 0 Å². The third-order valence-electron chi connectivity index (χ3n) is 5.06. The molecule has 4 rings (SSSR count). The van der Waals surface area contributed by atoms with E-state index in [9.17, 15) is 5.11 Å². The lowest BCUT2D eigenvalue weighted by Crippen LogP contribution is -2.48. The van der Waals surface area contributed by atoms with Crippen LogP contribution in [0.3, 0.4) is 0 Å². The molecule has 0 bridgehead atoms. The van der Waals surface area contributed by atoms with Crippen LogP contribution in [0.2, 0.25) is 0 Å². The van der Waals surface area contributed by atoms with Gasteiger partial charge in [0.25, 0.3) is 0 Å². The molecule has 1 fully saturated rings. The highest BCUT2D eigenvalue weighted by Crippen LogP contribution is 2.32. The second-order valence-corrected chi connectivity index (χ2v) is 7.25. The van der Waals surface area contributed by atoms with Crippen molar-refractivity contribution in [1.82, 2.24) is 14.8 Å². The Morgan fingerprint density at radius 3 is 2.68 bits per heavy atom. The predicted octanol–water partition coefficient (Wildman–Crippen LogP) is 1.51. The number of hydrogen-bond acceptors (Lipinski definition) is 7. The van der Waals surface area contributed by atoms with E-state index in [1.54, 1.807) is 0 Å². The van der Waals surface area contributed by atoms with Crippen LogP contribution in [0.4, 0.5) is 0 Å². The molecule has 2 aliphatic rings. The molecule has 150 valence electrons. The lowest BCUT2D eigenvalue weighted by atomic mass is 10.2. The summed E-state index contributed by atoms with van der Waals surface area (Å²) >= 11 is 0. The van der Waals surface area contributed by atoms with Crippen LogP contribution in [0, 0.1) is 0 Å². The molecule has 28 heavy (non-hydrogen) atoms. The fourth-order valence-electron chi connectivity index (χ4n) is 3.55. The van der Waals surface area contributed by atoms with Crippen LogP contribution in [0.25, 0.3) is 0 Å². The van der Waals surface area contributed by atoms with Crippen molar-refractivity contribution in [1.29, 1.82) is 0 Å². The van der Waals surface area contributed by atoms with Crippen LogP contribution in [0.15, 0.2) is 42.6 Å². The average Bonchev–Trinajstić information content (AvgIpc) is 3.18. The van der Waals surface area contributed by atoms with E-state index >= 15 is 0 Å². The molecule has 1 aromatic carbocycles. The Morgan fingerprint density at radius 1 is 1.04 bits per heavy atom. The third kappa shape index (κ3) is 5.20. The zero-order chi connectivity index (χ0) is 19.2. The summed E-state index contributed by atoms with van der Waals surface area (Å²) in [7, 11) is 0. The summed E-state index contributed by atoms with van der Waals surface area (Å²) in [5.41, 5.74) is 2.12. The molecule has 1 aromatic heterocycles. The number of β-amino-alcohol motifs (C(OH)–C–C–N with tert-alkyl or cyclic N) is 1. The van der Waals surface area contributed by atoms with Crippen molar-refractivity contribution in [3.05, 3.63) is 53.9 Å². The first kappa shape index (κ1) is 19.1. The van der Waals surface area contributed by atoms with Gasteiger partial charge >= 0.3 is 0 Å². The second-order valence-electron chi connectivity index (χ2n) is 7.25. The van der Waals surface area contributed by atoms with Crippen molar-refractivity contribution in [3.8, 4) is 11.5 Å².